The molecule has 2 saturated heterocycles. The van der Waals surface area contributed by atoms with Crippen molar-refractivity contribution in [3.8, 4) is 0 Å². The summed E-state index contributed by atoms with van der Waals surface area (Å²) in [5, 5.41) is 0. The van der Waals surface area contributed by atoms with Gasteiger partial charge < -0.3 is 4.90 Å². The highest BCUT2D eigenvalue weighted by molar-refractivity contribution is 7.98. The fourth-order valence-electron chi connectivity index (χ4n) is 1.69. The predicted molar refractivity (Wildman–Crippen MR) is 50.6 cm³/mol. The van der Waals surface area contributed by atoms with Crippen LogP contribution in [-0.2, 0) is 4.79 Å². The number of fused-ring (bicyclic) bond motifs is 1. The maximum absolute atomic E-state index is 11.5. The summed E-state index contributed by atoms with van der Waals surface area (Å²) in [4.78, 5) is 26.1. The van der Waals surface area contributed by atoms with Gasteiger partial charge in [0.25, 0.3) is 5.91 Å². The average molecular weight is 200 g/mol. The first-order valence-electron chi connectivity index (χ1n) is 4.36. The molecule has 2 aliphatic rings. The van der Waals surface area contributed by atoms with Crippen molar-refractivity contribution in [2.75, 3.05) is 25.1 Å². The molecule has 2 fully saturated rings. The molecular weight excluding hydrogens is 188 g/mol. The minimum Gasteiger partial charge on any atom is -0.312 e. The molecule has 1 unspecified atom stereocenters. The molecule has 0 N–H and O–H groups in total. The molecule has 0 aromatic heterocycles. The van der Waals surface area contributed by atoms with Crippen LogP contribution in [0.4, 0.5) is 4.79 Å². The molecule has 0 aromatic rings. The zero-order chi connectivity index (χ0) is 9.42. The number of thioether (sulfide) groups is 1. The summed E-state index contributed by atoms with van der Waals surface area (Å²) < 4.78 is 0. The SMILES string of the molecule is CSCCN1C(=O)C2CCN2C1=O. The van der Waals surface area contributed by atoms with E-state index in [2.05, 4.69) is 0 Å². The Morgan fingerprint density at radius 2 is 2.31 bits per heavy atom. The highest BCUT2D eigenvalue weighted by Crippen LogP contribution is 2.28. The molecule has 2 heterocycles. The quantitative estimate of drug-likeness (QED) is 0.619. The van der Waals surface area contributed by atoms with E-state index in [-0.39, 0.29) is 18.0 Å². The number of hydrogen-bond acceptors (Lipinski definition) is 3. The minimum atomic E-state index is -0.116. The molecule has 0 spiro atoms. The number of rotatable bonds is 3. The van der Waals surface area contributed by atoms with Gasteiger partial charge in [-0.3, -0.25) is 9.69 Å². The van der Waals surface area contributed by atoms with Crippen LogP contribution >= 0.6 is 11.8 Å². The number of carbonyl (C=O) groups is 2. The number of imide groups is 1. The highest BCUT2D eigenvalue weighted by Gasteiger charge is 2.49. The number of carbonyl (C=O) groups excluding carboxylic acids is 2. The second kappa shape index (κ2) is 3.21. The topological polar surface area (TPSA) is 40.6 Å². The second-order valence-electron chi connectivity index (χ2n) is 3.26. The van der Waals surface area contributed by atoms with Crippen LogP contribution in [-0.4, -0.2) is 52.9 Å². The maximum atomic E-state index is 11.5. The molecule has 1 atom stereocenters. The van der Waals surface area contributed by atoms with Crippen molar-refractivity contribution in [1.82, 2.24) is 9.80 Å². The van der Waals surface area contributed by atoms with Crippen molar-refractivity contribution in [1.29, 1.82) is 0 Å². The van der Waals surface area contributed by atoms with Gasteiger partial charge in [0, 0.05) is 18.8 Å². The van der Waals surface area contributed by atoms with E-state index < -0.39 is 0 Å². The molecule has 13 heavy (non-hydrogen) atoms. The van der Waals surface area contributed by atoms with E-state index in [4.69, 9.17) is 0 Å². The third kappa shape index (κ3) is 1.22. The van der Waals surface area contributed by atoms with Crippen LogP contribution < -0.4 is 0 Å². The molecule has 0 saturated carbocycles. The molecule has 0 bridgehead atoms. The van der Waals surface area contributed by atoms with Crippen LogP contribution in [0.15, 0.2) is 0 Å². The summed E-state index contributed by atoms with van der Waals surface area (Å²) in [6.07, 6.45) is 2.82. The van der Waals surface area contributed by atoms with E-state index in [1.165, 1.54) is 4.90 Å². The summed E-state index contributed by atoms with van der Waals surface area (Å²) in [5.41, 5.74) is 0. The Morgan fingerprint density at radius 3 is 2.69 bits per heavy atom. The third-order valence-electron chi connectivity index (χ3n) is 2.57. The predicted octanol–water partition coefficient (Wildman–Crippen LogP) is 0.386. The summed E-state index contributed by atoms with van der Waals surface area (Å²) in [6.45, 7) is 1.32. The number of amides is 3. The lowest BCUT2D eigenvalue weighted by Gasteiger charge is -2.30. The molecule has 2 aliphatic heterocycles. The molecule has 4 nitrogen and oxygen atoms in total. The smallest absolute Gasteiger partial charge is 0.312 e. The number of hydrogen-bond donors (Lipinski definition) is 0. The maximum Gasteiger partial charge on any atom is 0.327 e. The van der Waals surface area contributed by atoms with Gasteiger partial charge in [0.15, 0.2) is 0 Å². The Labute approximate surface area is 81.2 Å². The molecule has 5 heteroatoms. The Bertz CT molecular complexity index is 235. The van der Waals surface area contributed by atoms with E-state index in [0.717, 1.165) is 18.7 Å². The third-order valence-corrected chi connectivity index (χ3v) is 3.16. The Kier molecular flexibility index (Phi) is 2.19. The molecule has 0 aromatic carbocycles. The number of nitrogens with zero attached hydrogens (tertiary/aromatic N) is 2. The van der Waals surface area contributed by atoms with E-state index in [9.17, 15) is 9.59 Å². The van der Waals surface area contributed by atoms with Gasteiger partial charge >= 0.3 is 6.03 Å². The van der Waals surface area contributed by atoms with E-state index >= 15 is 0 Å². The van der Waals surface area contributed by atoms with Crippen LogP contribution in [0, 0.1) is 0 Å². The van der Waals surface area contributed by atoms with E-state index in [1.807, 2.05) is 6.26 Å². The normalized spacial score (nSPS) is 26.4. The summed E-state index contributed by atoms with van der Waals surface area (Å²) >= 11 is 1.65. The number of urea groups is 1. The summed E-state index contributed by atoms with van der Waals surface area (Å²) in [7, 11) is 0. The van der Waals surface area contributed by atoms with Gasteiger partial charge in [0.1, 0.15) is 6.04 Å². The second-order valence-corrected chi connectivity index (χ2v) is 4.25. The summed E-state index contributed by atoms with van der Waals surface area (Å²) in [5.74, 6) is 0.836. The molecular formula is C8H12N2O2S. The van der Waals surface area contributed by atoms with E-state index in [1.54, 1.807) is 16.7 Å². The van der Waals surface area contributed by atoms with Gasteiger partial charge in [-0.05, 0) is 12.7 Å². The molecule has 2 rings (SSSR count). The van der Waals surface area contributed by atoms with E-state index in [0.29, 0.717) is 6.54 Å². The van der Waals surface area contributed by atoms with Crippen molar-refractivity contribution in [3.05, 3.63) is 0 Å². The van der Waals surface area contributed by atoms with Gasteiger partial charge in [-0.2, -0.15) is 11.8 Å². The van der Waals surface area contributed by atoms with Crippen molar-refractivity contribution in [3.63, 3.8) is 0 Å². The van der Waals surface area contributed by atoms with Gasteiger partial charge in [-0.15, -0.1) is 0 Å². The first kappa shape index (κ1) is 8.87. The minimum absolute atomic E-state index is 0.00491. The highest BCUT2D eigenvalue weighted by atomic mass is 32.2. The summed E-state index contributed by atoms with van der Waals surface area (Å²) in [6, 6.07) is -0.204. The molecule has 3 amide bonds. The van der Waals surface area contributed by atoms with Gasteiger partial charge in [0.2, 0.25) is 0 Å². The average Bonchev–Trinajstić information content (AvgIpc) is 2.16. The fraction of sp³-hybridized carbons (Fsp3) is 0.750. The van der Waals surface area contributed by atoms with Crippen molar-refractivity contribution < 1.29 is 9.59 Å². The van der Waals surface area contributed by atoms with Crippen molar-refractivity contribution >= 4 is 23.7 Å². The van der Waals surface area contributed by atoms with Gasteiger partial charge in [-0.1, -0.05) is 0 Å². The van der Waals surface area contributed by atoms with Crippen LogP contribution in [0.1, 0.15) is 6.42 Å². The van der Waals surface area contributed by atoms with Gasteiger partial charge in [-0.25, -0.2) is 4.79 Å². The van der Waals surface area contributed by atoms with Crippen LogP contribution in [0.5, 0.6) is 0 Å². The van der Waals surface area contributed by atoms with Crippen LogP contribution in [0.2, 0.25) is 0 Å². The Balaban J connectivity index is 2.02. The largest absolute Gasteiger partial charge is 0.327 e. The Morgan fingerprint density at radius 1 is 1.54 bits per heavy atom. The van der Waals surface area contributed by atoms with Crippen LogP contribution in [0.25, 0.3) is 0 Å². The first-order chi connectivity index (χ1) is 6.25. The van der Waals surface area contributed by atoms with Crippen molar-refractivity contribution in [2.24, 2.45) is 0 Å². The lowest BCUT2D eigenvalue weighted by atomic mass is 10.1. The van der Waals surface area contributed by atoms with Gasteiger partial charge in [0.05, 0.1) is 0 Å². The fourth-order valence-corrected chi connectivity index (χ4v) is 2.06. The first-order valence-corrected chi connectivity index (χ1v) is 5.76. The molecule has 72 valence electrons. The Hall–Kier alpha value is -0.710. The lowest BCUT2D eigenvalue weighted by Crippen LogP contribution is -2.47. The standard InChI is InChI=1S/C8H12N2O2S/c1-13-5-4-10-7(11)6-2-3-9(6)8(10)12/h6H,2-5H2,1H3. The zero-order valence-electron chi connectivity index (χ0n) is 7.52. The molecule has 0 radical (unpaired) electrons. The molecule has 0 aliphatic carbocycles. The van der Waals surface area contributed by atoms with Crippen molar-refractivity contribution in [2.45, 2.75) is 12.5 Å². The lowest BCUT2D eigenvalue weighted by molar-refractivity contribution is -0.129. The monoisotopic (exact) mass is 200 g/mol. The van der Waals surface area contributed by atoms with Crippen LogP contribution in [0.3, 0.4) is 0 Å². The zero-order valence-corrected chi connectivity index (χ0v) is 8.34.